The molecular weight excluding hydrogens is 271 g/mol. The van der Waals surface area contributed by atoms with Crippen molar-refractivity contribution in [3.05, 3.63) is 0 Å². The summed E-state index contributed by atoms with van der Waals surface area (Å²) in [6.45, 7) is -0.00269. The second-order valence-electron chi connectivity index (χ2n) is 6.07. The third-order valence-corrected chi connectivity index (χ3v) is 4.47. The third kappa shape index (κ3) is 4.11. The maximum atomic E-state index is 12.7. The summed E-state index contributed by atoms with van der Waals surface area (Å²) in [5, 5.41) is 11.8. The fraction of sp³-hybridized carbons (Fsp3) is 0.929. The van der Waals surface area contributed by atoms with Crippen LogP contribution in [0.25, 0.3) is 0 Å². The van der Waals surface area contributed by atoms with Gasteiger partial charge in [0.15, 0.2) is 0 Å². The zero-order valence-electron chi connectivity index (χ0n) is 11.5. The zero-order chi connectivity index (χ0) is 14.8. The Morgan fingerprint density at radius 1 is 1.25 bits per heavy atom. The van der Waals surface area contributed by atoms with Crippen LogP contribution in [0, 0.1) is 17.8 Å². The molecule has 0 spiro atoms. The summed E-state index contributed by atoms with van der Waals surface area (Å²) in [6.07, 6.45) is -0.611. The fourth-order valence-electron chi connectivity index (χ4n) is 3.09. The molecule has 2 aliphatic rings. The van der Waals surface area contributed by atoms with Gasteiger partial charge < -0.3 is 10.4 Å². The fourth-order valence-corrected chi connectivity index (χ4v) is 3.09. The molecule has 2 N–H and O–H groups in total. The average Bonchev–Trinajstić information content (AvgIpc) is 3.21. The van der Waals surface area contributed by atoms with Crippen molar-refractivity contribution in [2.24, 2.45) is 17.8 Å². The first-order chi connectivity index (χ1) is 9.41. The van der Waals surface area contributed by atoms with Crippen LogP contribution in [0.15, 0.2) is 0 Å². The number of aliphatic hydroxyl groups is 1. The highest BCUT2D eigenvalue weighted by Gasteiger charge is 2.44. The first-order valence-corrected chi connectivity index (χ1v) is 7.39. The number of nitrogens with one attached hydrogen (secondary N) is 1. The highest BCUT2D eigenvalue weighted by atomic mass is 19.4. The first kappa shape index (κ1) is 15.6. The van der Waals surface area contributed by atoms with Crippen LogP contribution in [-0.2, 0) is 4.79 Å². The molecule has 0 radical (unpaired) electrons. The summed E-state index contributed by atoms with van der Waals surface area (Å²) in [7, 11) is 0. The summed E-state index contributed by atoms with van der Waals surface area (Å²) < 4.78 is 38.2. The Labute approximate surface area is 116 Å². The quantitative estimate of drug-likeness (QED) is 0.818. The predicted molar refractivity (Wildman–Crippen MR) is 67.9 cm³/mol. The maximum Gasteiger partial charge on any atom is 0.391 e. The molecule has 3 atom stereocenters. The van der Waals surface area contributed by atoms with Gasteiger partial charge in [-0.15, -0.1) is 0 Å². The minimum Gasteiger partial charge on any atom is -0.396 e. The van der Waals surface area contributed by atoms with E-state index >= 15 is 0 Å². The van der Waals surface area contributed by atoms with Crippen molar-refractivity contribution in [2.75, 3.05) is 6.61 Å². The summed E-state index contributed by atoms with van der Waals surface area (Å²) in [6, 6.07) is -0.0706. The molecule has 0 aliphatic heterocycles. The monoisotopic (exact) mass is 293 g/mol. The van der Waals surface area contributed by atoms with Gasteiger partial charge in [-0.05, 0) is 44.4 Å². The standard InChI is InChI=1S/C14H22F3NO2/c15-14(16,17)11-3-1-2-10(8-11)13(20)18-12(6-7-19)9-4-5-9/h9-12,19H,1-8H2,(H,18,20). The molecule has 2 rings (SSSR count). The van der Waals surface area contributed by atoms with Gasteiger partial charge in [0, 0.05) is 18.6 Å². The number of hydrogen-bond donors (Lipinski definition) is 2. The molecule has 6 heteroatoms. The molecule has 20 heavy (non-hydrogen) atoms. The van der Waals surface area contributed by atoms with Crippen LogP contribution in [0.5, 0.6) is 0 Å². The zero-order valence-corrected chi connectivity index (χ0v) is 11.5. The van der Waals surface area contributed by atoms with E-state index in [2.05, 4.69) is 5.32 Å². The van der Waals surface area contributed by atoms with E-state index < -0.39 is 18.0 Å². The van der Waals surface area contributed by atoms with E-state index in [1.807, 2.05) is 0 Å². The minimum atomic E-state index is -4.19. The Hall–Kier alpha value is -0.780. The molecule has 3 nitrogen and oxygen atoms in total. The Morgan fingerprint density at radius 2 is 1.95 bits per heavy atom. The average molecular weight is 293 g/mol. The van der Waals surface area contributed by atoms with Crippen LogP contribution in [-0.4, -0.2) is 29.8 Å². The van der Waals surface area contributed by atoms with Crippen molar-refractivity contribution in [1.82, 2.24) is 5.32 Å². The highest BCUT2D eigenvalue weighted by molar-refractivity contribution is 5.79. The van der Waals surface area contributed by atoms with Gasteiger partial charge >= 0.3 is 6.18 Å². The van der Waals surface area contributed by atoms with Crippen LogP contribution in [0.4, 0.5) is 13.2 Å². The van der Waals surface area contributed by atoms with E-state index in [9.17, 15) is 18.0 Å². The molecule has 2 saturated carbocycles. The van der Waals surface area contributed by atoms with Crippen molar-refractivity contribution < 1.29 is 23.1 Å². The number of aliphatic hydroxyl groups excluding tert-OH is 1. The molecule has 0 aromatic carbocycles. The molecule has 0 bridgehead atoms. The lowest BCUT2D eigenvalue weighted by molar-refractivity contribution is -0.186. The molecule has 0 heterocycles. The van der Waals surface area contributed by atoms with Gasteiger partial charge in [-0.25, -0.2) is 0 Å². The van der Waals surface area contributed by atoms with Crippen LogP contribution < -0.4 is 5.32 Å². The number of halogens is 3. The van der Waals surface area contributed by atoms with Gasteiger partial charge in [0.25, 0.3) is 0 Å². The summed E-state index contributed by atoms with van der Waals surface area (Å²) in [4.78, 5) is 12.1. The van der Waals surface area contributed by atoms with Gasteiger partial charge in [0.1, 0.15) is 0 Å². The van der Waals surface area contributed by atoms with E-state index in [4.69, 9.17) is 5.11 Å². The second-order valence-corrected chi connectivity index (χ2v) is 6.07. The van der Waals surface area contributed by atoms with Crippen LogP contribution in [0.3, 0.4) is 0 Å². The van der Waals surface area contributed by atoms with Crippen molar-refractivity contribution in [1.29, 1.82) is 0 Å². The summed E-state index contributed by atoms with van der Waals surface area (Å²) in [5.41, 5.74) is 0. The van der Waals surface area contributed by atoms with E-state index in [1.165, 1.54) is 0 Å². The Bertz CT molecular complexity index is 342. The van der Waals surface area contributed by atoms with E-state index in [-0.39, 0.29) is 31.4 Å². The molecule has 0 saturated heterocycles. The Kier molecular flexibility index (Phi) is 4.94. The SMILES string of the molecule is O=C(NC(CCO)C1CC1)C1CCCC(C(F)(F)F)C1. The maximum absolute atomic E-state index is 12.7. The van der Waals surface area contributed by atoms with Crippen molar-refractivity contribution in [3.63, 3.8) is 0 Å². The van der Waals surface area contributed by atoms with Crippen LogP contribution in [0.1, 0.15) is 44.9 Å². The molecule has 0 aromatic heterocycles. The first-order valence-electron chi connectivity index (χ1n) is 7.39. The minimum absolute atomic E-state index is 0.00269. The molecular formula is C14H22F3NO2. The van der Waals surface area contributed by atoms with E-state index in [0.717, 1.165) is 12.8 Å². The lowest BCUT2D eigenvalue weighted by Gasteiger charge is -2.31. The molecule has 0 aromatic rings. The number of alkyl halides is 3. The van der Waals surface area contributed by atoms with Crippen molar-refractivity contribution in [3.8, 4) is 0 Å². The topological polar surface area (TPSA) is 49.3 Å². The number of amides is 1. The number of hydrogen-bond acceptors (Lipinski definition) is 2. The Balaban J connectivity index is 1.87. The smallest absolute Gasteiger partial charge is 0.391 e. The number of rotatable bonds is 5. The number of carbonyl (C=O) groups is 1. The van der Waals surface area contributed by atoms with Gasteiger partial charge in [-0.3, -0.25) is 4.79 Å². The molecule has 2 fully saturated rings. The lowest BCUT2D eigenvalue weighted by Crippen LogP contribution is -2.43. The van der Waals surface area contributed by atoms with Gasteiger partial charge in [-0.1, -0.05) is 6.42 Å². The summed E-state index contributed by atoms with van der Waals surface area (Å²) in [5.74, 6) is -1.74. The van der Waals surface area contributed by atoms with Gasteiger partial charge in [-0.2, -0.15) is 13.2 Å². The third-order valence-electron chi connectivity index (χ3n) is 4.47. The molecule has 116 valence electrons. The van der Waals surface area contributed by atoms with Crippen molar-refractivity contribution >= 4 is 5.91 Å². The molecule has 3 unspecified atom stereocenters. The van der Waals surface area contributed by atoms with Crippen LogP contribution in [0.2, 0.25) is 0 Å². The van der Waals surface area contributed by atoms with E-state index in [0.29, 0.717) is 25.2 Å². The Morgan fingerprint density at radius 3 is 2.50 bits per heavy atom. The number of carbonyl (C=O) groups excluding carboxylic acids is 1. The summed E-state index contributed by atoms with van der Waals surface area (Å²) >= 11 is 0. The van der Waals surface area contributed by atoms with Gasteiger partial charge in [0.05, 0.1) is 5.92 Å². The molecule has 2 aliphatic carbocycles. The second kappa shape index (κ2) is 6.33. The highest BCUT2D eigenvalue weighted by Crippen LogP contribution is 2.40. The lowest BCUT2D eigenvalue weighted by atomic mass is 9.80. The predicted octanol–water partition coefficient (Wildman–Crippen LogP) is 2.63. The molecule has 1 amide bonds. The van der Waals surface area contributed by atoms with Gasteiger partial charge in [0.2, 0.25) is 5.91 Å². The largest absolute Gasteiger partial charge is 0.396 e. The normalized spacial score (nSPS) is 29.0. The van der Waals surface area contributed by atoms with Crippen molar-refractivity contribution in [2.45, 2.75) is 57.2 Å². The van der Waals surface area contributed by atoms with Crippen LogP contribution >= 0.6 is 0 Å². The van der Waals surface area contributed by atoms with E-state index in [1.54, 1.807) is 0 Å².